The van der Waals surface area contributed by atoms with Gasteiger partial charge in [0.05, 0.1) is 6.54 Å². The van der Waals surface area contributed by atoms with Crippen molar-refractivity contribution in [2.45, 2.75) is 57.5 Å². The summed E-state index contributed by atoms with van der Waals surface area (Å²) in [5.74, 6) is 0.339. The molecule has 1 aliphatic carbocycles. The molecule has 0 aromatic rings. The van der Waals surface area contributed by atoms with Crippen molar-refractivity contribution >= 4 is 5.91 Å². The van der Waals surface area contributed by atoms with Crippen LogP contribution >= 0.6 is 0 Å². The summed E-state index contributed by atoms with van der Waals surface area (Å²) in [6, 6.07) is 1.08. The zero-order chi connectivity index (χ0) is 13.7. The number of hydrogen-bond acceptors (Lipinski definition) is 3. The molecule has 0 bridgehead atoms. The van der Waals surface area contributed by atoms with Crippen LogP contribution in [0.4, 0.5) is 0 Å². The molecule has 19 heavy (non-hydrogen) atoms. The first-order chi connectivity index (χ1) is 9.24. The Labute approximate surface area is 117 Å². The first-order valence-electron chi connectivity index (χ1n) is 7.93. The van der Waals surface area contributed by atoms with Crippen molar-refractivity contribution in [2.24, 2.45) is 0 Å². The predicted octanol–water partition coefficient (Wildman–Crippen LogP) is 1.46. The molecule has 1 aliphatic heterocycles. The molecule has 1 heterocycles. The molecule has 0 aromatic heterocycles. The van der Waals surface area contributed by atoms with Crippen LogP contribution in [0.3, 0.4) is 0 Å². The molecule has 2 rings (SSSR count). The van der Waals surface area contributed by atoms with Crippen LogP contribution in [0.1, 0.15) is 45.4 Å². The van der Waals surface area contributed by atoms with E-state index in [2.05, 4.69) is 22.0 Å². The highest BCUT2D eigenvalue weighted by atomic mass is 16.2. The third-order valence-electron chi connectivity index (χ3n) is 4.72. The van der Waals surface area contributed by atoms with E-state index >= 15 is 0 Å². The lowest BCUT2D eigenvalue weighted by Crippen LogP contribution is -2.46. The molecule has 1 unspecified atom stereocenters. The van der Waals surface area contributed by atoms with Crippen molar-refractivity contribution in [3.8, 4) is 0 Å². The largest absolute Gasteiger partial charge is 0.339 e. The molecule has 4 nitrogen and oxygen atoms in total. The van der Waals surface area contributed by atoms with E-state index in [0.29, 0.717) is 24.5 Å². The number of likely N-dealkylation sites (N-methyl/N-ethyl adjacent to an activating group) is 2. The maximum atomic E-state index is 12.5. The summed E-state index contributed by atoms with van der Waals surface area (Å²) in [6.07, 6.45) is 7.51. The van der Waals surface area contributed by atoms with E-state index in [1.54, 1.807) is 0 Å². The second-order valence-corrected chi connectivity index (χ2v) is 5.98. The Morgan fingerprint density at radius 2 is 2.00 bits per heavy atom. The van der Waals surface area contributed by atoms with E-state index in [9.17, 15) is 4.79 Å². The van der Waals surface area contributed by atoms with Gasteiger partial charge in [0.25, 0.3) is 0 Å². The Bertz CT molecular complexity index is 289. The van der Waals surface area contributed by atoms with Gasteiger partial charge in [0, 0.05) is 31.7 Å². The normalized spacial score (nSPS) is 25.7. The number of nitrogens with one attached hydrogen (secondary N) is 1. The van der Waals surface area contributed by atoms with E-state index < -0.39 is 0 Å². The van der Waals surface area contributed by atoms with E-state index in [1.807, 2.05) is 7.05 Å². The van der Waals surface area contributed by atoms with Gasteiger partial charge in [-0.15, -0.1) is 0 Å². The van der Waals surface area contributed by atoms with E-state index in [-0.39, 0.29) is 0 Å². The molecule has 4 heteroatoms. The molecule has 1 saturated heterocycles. The molecule has 110 valence electrons. The summed E-state index contributed by atoms with van der Waals surface area (Å²) in [4.78, 5) is 16.9. The Balaban J connectivity index is 1.83. The van der Waals surface area contributed by atoms with Gasteiger partial charge in [0.2, 0.25) is 5.91 Å². The quantitative estimate of drug-likeness (QED) is 0.819. The lowest BCUT2D eigenvalue weighted by molar-refractivity contribution is -0.135. The number of hydrogen-bond donors (Lipinski definition) is 1. The first-order valence-corrected chi connectivity index (χ1v) is 7.93. The van der Waals surface area contributed by atoms with E-state index in [1.165, 1.54) is 38.5 Å². The second kappa shape index (κ2) is 7.25. The fourth-order valence-corrected chi connectivity index (χ4v) is 3.52. The Hall–Kier alpha value is -0.610. The number of carbonyl (C=O) groups excluding carboxylic acids is 1. The number of likely N-dealkylation sites (tertiary alicyclic amines) is 1. The minimum absolute atomic E-state index is 0.339. The van der Waals surface area contributed by atoms with Gasteiger partial charge in [-0.3, -0.25) is 9.69 Å². The number of carbonyl (C=O) groups is 1. The Morgan fingerprint density at radius 3 is 2.58 bits per heavy atom. The third kappa shape index (κ3) is 3.93. The van der Waals surface area contributed by atoms with Gasteiger partial charge in [-0.1, -0.05) is 19.3 Å². The van der Waals surface area contributed by atoms with Gasteiger partial charge in [0.1, 0.15) is 0 Å². The maximum Gasteiger partial charge on any atom is 0.236 e. The van der Waals surface area contributed by atoms with Gasteiger partial charge >= 0.3 is 0 Å². The van der Waals surface area contributed by atoms with Gasteiger partial charge in [-0.25, -0.2) is 0 Å². The van der Waals surface area contributed by atoms with Crippen molar-refractivity contribution in [3.05, 3.63) is 0 Å². The minimum Gasteiger partial charge on any atom is -0.339 e. The summed E-state index contributed by atoms with van der Waals surface area (Å²) in [6.45, 7) is 5.67. The third-order valence-corrected chi connectivity index (χ3v) is 4.72. The fraction of sp³-hybridized carbons (Fsp3) is 0.933. The molecule has 1 amide bonds. The van der Waals surface area contributed by atoms with Crippen LogP contribution in [-0.2, 0) is 4.79 Å². The lowest BCUT2D eigenvalue weighted by atomic mass is 9.94. The zero-order valence-corrected chi connectivity index (χ0v) is 12.5. The van der Waals surface area contributed by atoms with Crippen LogP contribution < -0.4 is 5.32 Å². The van der Waals surface area contributed by atoms with Crippen LogP contribution in [0.15, 0.2) is 0 Å². The summed E-state index contributed by atoms with van der Waals surface area (Å²) in [7, 11) is 2.01. The molecule has 0 spiro atoms. The van der Waals surface area contributed by atoms with Crippen molar-refractivity contribution in [1.82, 2.24) is 15.1 Å². The fourth-order valence-electron chi connectivity index (χ4n) is 3.52. The van der Waals surface area contributed by atoms with Gasteiger partial charge < -0.3 is 10.2 Å². The predicted molar refractivity (Wildman–Crippen MR) is 78.2 cm³/mol. The van der Waals surface area contributed by atoms with E-state index in [4.69, 9.17) is 0 Å². The smallest absolute Gasteiger partial charge is 0.236 e. The summed E-state index contributed by atoms with van der Waals surface area (Å²) in [5.41, 5.74) is 0. The van der Waals surface area contributed by atoms with E-state index in [0.717, 1.165) is 19.6 Å². The minimum atomic E-state index is 0.339. The topological polar surface area (TPSA) is 35.6 Å². The molecule has 1 atom stereocenters. The van der Waals surface area contributed by atoms with Gasteiger partial charge in [0.15, 0.2) is 0 Å². The second-order valence-electron chi connectivity index (χ2n) is 5.98. The lowest BCUT2D eigenvalue weighted by Gasteiger charge is -2.34. The van der Waals surface area contributed by atoms with Crippen molar-refractivity contribution in [3.63, 3.8) is 0 Å². The van der Waals surface area contributed by atoms with Crippen LogP contribution in [0.25, 0.3) is 0 Å². The highest BCUT2D eigenvalue weighted by molar-refractivity contribution is 5.78. The first kappa shape index (κ1) is 14.8. The average Bonchev–Trinajstić information content (AvgIpc) is 2.88. The van der Waals surface area contributed by atoms with Crippen molar-refractivity contribution in [1.29, 1.82) is 0 Å². The number of rotatable bonds is 5. The summed E-state index contributed by atoms with van der Waals surface area (Å²) in [5, 5.41) is 3.31. The number of amides is 1. The zero-order valence-electron chi connectivity index (χ0n) is 12.5. The highest BCUT2D eigenvalue weighted by Crippen LogP contribution is 2.23. The number of nitrogens with zero attached hydrogens (tertiary/aromatic N) is 2. The van der Waals surface area contributed by atoms with Crippen LogP contribution in [-0.4, -0.2) is 61.0 Å². The van der Waals surface area contributed by atoms with Crippen molar-refractivity contribution < 1.29 is 4.79 Å². The van der Waals surface area contributed by atoms with Crippen molar-refractivity contribution in [2.75, 3.05) is 33.2 Å². The molecule has 0 radical (unpaired) electrons. The average molecular weight is 267 g/mol. The van der Waals surface area contributed by atoms with Gasteiger partial charge in [-0.05, 0) is 33.2 Å². The molecular formula is C15H29N3O. The standard InChI is InChI=1S/C15H29N3O/c1-3-18(14-7-5-4-6-8-14)15(19)12-17-10-9-13(11-17)16-2/h13-14,16H,3-12H2,1-2H3. The molecular weight excluding hydrogens is 238 g/mol. The summed E-state index contributed by atoms with van der Waals surface area (Å²) >= 11 is 0. The summed E-state index contributed by atoms with van der Waals surface area (Å²) < 4.78 is 0. The van der Waals surface area contributed by atoms with Crippen LogP contribution in [0, 0.1) is 0 Å². The molecule has 0 aromatic carbocycles. The molecule has 1 N–H and O–H groups in total. The molecule has 1 saturated carbocycles. The molecule has 2 aliphatic rings. The Morgan fingerprint density at radius 1 is 1.26 bits per heavy atom. The maximum absolute atomic E-state index is 12.5. The Kier molecular flexibility index (Phi) is 5.64. The SMILES string of the molecule is CCN(C(=O)CN1CCC(NC)C1)C1CCCCC1. The molecule has 2 fully saturated rings. The van der Waals surface area contributed by atoms with Gasteiger partial charge in [-0.2, -0.15) is 0 Å². The van der Waals surface area contributed by atoms with Crippen LogP contribution in [0.2, 0.25) is 0 Å². The monoisotopic (exact) mass is 267 g/mol. The van der Waals surface area contributed by atoms with Crippen LogP contribution in [0.5, 0.6) is 0 Å². The highest BCUT2D eigenvalue weighted by Gasteiger charge is 2.28.